The molecule has 0 aliphatic heterocycles. The molecule has 0 N–H and O–H groups in total. The fourth-order valence-corrected chi connectivity index (χ4v) is 3.70. The van der Waals surface area contributed by atoms with Crippen LogP contribution in [0.1, 0.15) is 25.1 Å². The number of nitrogens with zero attached hydrogens (tertiary/aromatic N) is 2. The van der Waals surface area contributed by atoms with Crippen molar-refractivity contribution in [2.75, 3.05) is 13.2 Å². The Hall–Kier alpha value is -1.84. The molecule has 1 aromatic heterocycles. The molecule has 0 bridgehead atoms. The molecular formula is C15H15F6N2O3P. The van der Waals surface area contributed by atoms with Crippen molar-refractivity contribution in [2.45, 2.75) is 26.2 Å². The molecule has 0 saturated carbocycles. The van der Waals surface area contributed by atoms with Gasteiger partial charge in [0.1, 0.15) is 5.69 Å². The number of aromatic nitrogens is 2. The summed E-state index contributed by atoms with van der Waals surface area (Å²) in [5.41, 5.74) is -3.22. The van der Waals surface area contributed by atoms with Gasteiger partial charge in [-0.2, -0.15) is 31.4 Å². The van der Waals surface area contributed by atoms with Gasteiger partial charge in [0, 0.05) is 6.07 Å². The quantitative estimate of drug-likeness (QED) is 0.502. The van der Waals surface area contributed by atoms with Crippen LogP contribution in [0.15, 0.2) is 30.3 Å². The van der Waals surface area contributed by atoms with Crippen molar-refractivity contribution in [3.8, 4) is 5.69 Å². The lowest BCUT2D eigenvalue weighted by molar-refractivity contribution is -0.143. The predicted molar refractivity (Wildman–Crippen MR) is 84.1 cm³/mol. The lowest BCUT2D eigenvalue weighted by Crippen LogP contribution is -2.15. The maximum atomic E-state index is 13.4. The number of hydrogen-bond donors (Lipinski definition) is 0. The highest BCUT2D eigenvalue weighted by Crippen LogP contribution is 2.47. The summed E-state index contributed by atoms with van der Waals surface area (Å²) in [6.45, 7) is 2.74. The second-order valence-corrected chi connectivity index (χ2v) is 7.14. The zero-order valence-electron chi connectivity index (χ0n) is 14.1. The third-order valence-electron chi connectivity index (χ3n) is 3.30. The van der Waals surface area contributed by atoms with Crippen molar-refractivity contribution in [1.29, 1.82) is 0 Å². The van der Waals surface area contributed by atoms with Crippen LogP contribution in [0.5, 0.6) is 0 Å². The van der Waals surface area contributed by atoms with Crippen LogP contribution in [0.25, 0.3) is 5.69 Å². The van der Waals surface area contributed by atoms with E-state index in [2.05, 4.69) is 5.10 Å². The minimum atomic E-state index is -4.91. The van der Waals surface area contributed by atoms with E-state index in [1.54, 1.807) is 0 Å². The molecule has 5 nitrogen and oxygen atoms in total. The Morgan fingerprint density at radius 3 is 1.89 bits per heavy atom. The first-order chi connectivity index (χ1) is 12.4. The second-order valence-electron chi connectivity index (χ2n) is 5.17. The van der Waals surface area contributed by atoms with Gasteiger partial charge >= 0.3 is 19.9 Å². The molecular weight excluding hydrogens is 401 g/mol. The van der Waals surface area contributed by atoms with Gasteiger partial charge in [-0.3, -0.25) is 4.57 Å². The second kappa shape index (κ2) is 7.65. The minimum absolute atomic E-state index is 0.105. The molecule has 0 spiro atoms. The highest BCUT2D eigenvalue weighted by atomic mass is 31.2. The van der Waals surface area contributed by atoms with E-state index in [0.717, 1.165) is 12.1 Å². The number of benzene rings is 1. The van der Waals surface area contributed by atoms with Crippen LogP contribution >= 0.6 is 7.60 Å². The zero-order chi connectivity index (χ0) is 20.5. The predicted octanol–water partition coefficient (Wildman–Crippen LogP) is 4.80. The zero-order valence-corrected chi connectivity index (χ0v) is 15.0. The highest BCUT2D eigenvalue weighted by molar-refractivity contribution is 7.61. The highest BCUT2D eigenvalue weighted by Gasteiger charge is 2.40. The van der Waals surface area contributed by atoms with Crippen molar-refractivity contribution < 1.29 is 40.0 Å². The minimum Gasteiger partial charge on any atom is -0.304 e. The van der Waals surface area contributed by atoms with Crippen LogP contribution in [0.3, 0.4) is 0 Å². The summed E-state index contributed by atoms with van der Waals surface area (Å²) in [5.74, 6) is 0. The Kier molecular flexibility index (Phi) is 6.08. The molecule has 0 radical (unpaired) electrons. The van der Waals surface area contributed by atoms with E-state index >= 15 is 0 Å². The molecule has 2 rings (SSSR count). The van der Waals surface area contributed by atoms with Gasteiger partial charge < -0.3 is 9.05 Å². The summed E-state index contributed by atoms with van der Waals surface area (Å²) in [6.07, 6.45) is -9.54. The van der Waals surface area contributed by atoms with Gasteiger partial charge in [0.05, 0.1) is 24.5 Å². The maximum absolute atomic E-state index is 13.4. The third kappa shape index (κ3) is 4.72. The van der Waals surface area contributed by atoms with E-state index in [0.29, 0.717) is 22.9 Å². The Labute approximate surface area is 150 Å². The first-order valence-corrected chi connectivity index (χ1v) is 9.21. The standard InChI is InChI=1S/C15H15F6N2O3P/c1-3-25-27(24,26-4-2)13-9-12(15(19,20)21)23(22-13)11-7-5-10(6-8-11)14(16,17)18/h5-9H,3-4H2,1-2H3. The van der Waals surface area contributed by atoms with E-state index in [9.17, 15) is 30.9 Å². The van der Waals surface area contributed by atoms with Gasteiger partial charge in [-0.15, -0.1) is 0 Å². The molecule has 0 aliphatic rings. The molecule has 0 atom stereocenters. The Morgan fingerprint density at radius 1 is 0.963 bits per heavy atom. The van der Waals surface area contributed by atoms with Crippen LogP contribution < -0.4 is 5.44 Å². The van der Waals surface area contributed by atoms with E-state index in [1.165, 1.54) is 13.8 Å². The summed E-state index contributed by atoms with van der Waals surface area (Å²) in [6, 6.07) is 3.43. The normalized spacial score (nSPS) is 13.2. The van der Waals surface area contributed by atoms with Crippen LogP contribution in [0.2, 0.25) is 0 Å². The molecule has 0 aliphatic carbocycles. The lowest BCUT2D eigenvalue weighted by Gasteiger charge is -2.14. The third-order valence-corrected chi connectivity index (χ3v) is 5.28. The van der Waals surface area contributed by atoms with E-state index in [-0.39, 0.29) is 18.9 Å². The molecule has 0 amide bonds. The summed E-state index contributed by atoms with van der Waals surface area (Å²) < 4.78 is 101. The van der Waals surface area contributed by atoms with Gasteiger partial charge in [0.2, 0.25) is 0 Å². The molecule has 2 aromatic rings. The first kappa shape index (κ1) is 21.5. The summed E-state index contributed by atoms with van der Waals surface area (Å²) in [5, 5.41) is 3.65. The van der Waals surface area contributed by atoms with Crippen molar-refractivity contribution in [3.05, 3.63) is 41.6 Å². The molecule has 150 valence electrons. The summed E-state index contributed by atoms with van der Waals surface area (Å²) in [7, 11) is -4.12. The first-order valence-electron chi connectivity index (χ1n) is 7.67. The van der Waals surface area contributed by atoms with Crippen molar-refractivity contribution in [1.82, 2.24) is 9.78 Å². The number of hydrogen-bond acceptors (Lipinski definition) is 4. The maximum Gasteiger partial charge on any atom is 0.433 e. The largest absolute Gasteiger partial charge is 0.433 e. The van der Waals surface area contributed by atoms with Gasteiger partial charge in [-0.05, 0) is 38.1 Å². The van der Waals surface area contributed by atoms with Crippen LogP contribution in [-0.4, -0.2) is 23.0 Å². The van der Waals surface area contributed by atoms with Crippen molar-refractivity contribution in [3.63, 3.8) is 0 Å². The Balaban J connectivity index is 2.59. The summed E-state index contributed by atoms with van der Waals surface area (Å²) in [4.78, 5) is 0. The molecule has 27 heavy (non-hydrogen) atoms. The number of rotatable bonds is 6. The molecule has 12 heteroatoms. The molecule has 0 saturated heterocycles. The average Bonchev–Trinajstić information content (AvgIpc) is 3.01. The Morgan fingerprint density at radius 2 is 1.48 bits per heavy atom. The number of alkyl halides is 6. The van der Waals surface area contributed by atoms with Gasteiger partial charge in [0.25, 0.3) is 0 Å². The van der Waals surface area contributed by atoms with E-state index < -0.39 is 36.6 Å². The molecule has 1 aromatic carbocycles. The van der Waals surface area contributed by atoms with E-state index in [1.807, 2.05) is 0 Å². The summed E-state index contributed by atoms with van der Waals surface area (Å²) >= 11 is 0. The van der Waals surface area contributed by atoms with Gasteiger partial charge in [0.15, 0.2) is 5.44 Å². The molecule has 1 heterocycles. The smallest absolute Gasteiger partial charge is 0.304 e. The van der Waals surface area contributed by atoms with Crippen molar-refractivity contribution in [2.24, 2.45) is 0 Å². The Bertz CT molecular complexity index is 820. The monoisotopic (exact) mass is 416 g/mol. The van der Waals surface area contributed by atoms with Gasteiger partial charge in [-0.1, -0.05) is 0 Å². The van der Waals surface area contributed by atoms with Gasteiger partial charge in [-0.25, -0.2) is 4.68 Å². The lowest BCUT2D eigenvalue weighted by atomic mass is 10.2. The fourth-order valence-electron chi connectivity index (χ4n) is 2.20. The van der Waals surface area contributed by atoms with Crippen LogP contribution in [0, 0.1) is 0 Å². The van der Waals surface area contributed by atoms with Crippen LogP contribution in [0.4, 0.5) is 26.3 Å². The average molecular weight is 416 g/mol. The SMILES string of the molecule is CCOP(=O)(OCC)c1cc(C(F)(F)F)n(-c2ccc(C(F)(F)F)cc2)n1. The topological polar surface area (TPSA) is 53.4 Å². The number of halogens is 6. The molecule has 0 unspecified atom stereocenters. The van der Waals surface area contributed by atoms with Crippen molar-refractivity contribution >= 4 is 13.0 Å². The van der Waals surface area contributed by atoms with Crippen LogP contribution in [-0.2, 0) is 26.0 Å². The fraction of sp³-hybridized carbons (Fsp3) is 0.400. The molecule has 0 fully saturated rings. The van der Waals surface area contributed by atoms with E-state index in [4.69, 9.17) is 9.05 Å².